The SMILES string of the molecule is CC(C)c1cc(C(C)C)cc(-n2c3ccc(-n4c5ccccc5c5ccccc54)cc3c3cc(-n4c5ccccc5c5ccccc54)ccc32)c1. The second-order valence-electron chi connectivity index (χ2n) is 14.6. The van der Waals surface area contributed by atoms with Gasteiger partial charge in [0.05, 0.1) is 33.1 Å². The van der Waals surface area contributed by atoms with Crippen molar-refractivity contribution < 1.29 is 0 Å². The van der Waals surface area contributed by atoms with Gasteiger partial charge in [0.15, 0.2) is 0 Å². The Morgan fingerprint density at radius 2 is 0.608 bits per heavy atom. The predicted molar refractivity (Wildman–Crippen MR) is 218 cm³/mol. The van der Waals surface area contributed by atoms with Gasteiger partial charge in [-0.05, 0) is 95.8 Å². The molecule has 0 spiro atoms. The van der Waals surface area contributed by atoms with E-state index in [9.17, 15) is 0 Å². The minimum atomic E-state index is 0.430. The molecule has 0 saturated carbocycles. The van der Waals surface area contributed by atoms with E-state index in [2.05, 4.69) is 193 Å². The number of rotatable bonds is 5. The third-order valence-electron chi connectivity index (χ3n) is 11.0. The van der Waals surface area contributed by atoms with Crippen molar-refractivity contribution in [2.45, 2.75) is 39.5 Å². The van der Waals surface area contributed by atoms with Crippen LogP contribution in [0.1, 0.15) is 50.7 Å². The monoisotopic (exact) mass is 657 g/mol. The smallest absolute Gasteiger partial charge is 0.0542 e. The minimum Gasteiger partial charge on any atom is -0.309 e. The highest BCUT2D eigenvalue weighted by Crippen LogP contribution is 2.40. The lowest BCUT2D eigenvalue weighted by Crippen LogP contribution is -2.01. The molecule has 0 unspecified atom stereocenters. The van der Waals surface area contributed by atoms with Crippen LogP contribution in [-0.4, -0.2) is 13.7 Å². The summed E-state index contributed by atoms with van der Waals surface area (Å²) in [5.74, 6) is 0.860. The normalized spacial score (nSPS) is 12.3. The third kappa shape index (κ3) is 4.44. The zero-order valence-electron chi connectivity index (χ0n) is 29.4. The first-order chi connectivity index (χ1) is 25.0. The Balaban J connectivity index is 1.31. The summed E-state index contributed by atoms with van der Waals surface area (Å²) >= 11 is 0. The summed E-state index contributed by atoms with van der Waals surface area (Å²) in [5.41, 5.74) is 13.6. The first-order valence-corrected chi connectivity index (χ1v) is 18.2. The molecule has 10 rings (SSSR count). The van der Waals surface area contributed by atoms with Crippen molar-refractivity contribution >= 4 is 65.4 Å². The Morgan fingerprint density at radius 1 is 0.294 bits per heavy atom. The highest BCUT2D eigenvalue weighted by Gasteiger charge is 2.20. The molecule has 3 heterocycles. The van der Waals surface area contributed by atoms with Crippen LogP contribution in [0.5, 0.6) is 0 Å². The van der Waals surface area contributed by atoms with Crippen LogP contribution in [0.4, 0.5) is 0 Å². The van der Waals surface area contributed by atoms with Gasteiger partial charge in [-0.25, -0.2) is 0 Å². The van der Waals surface area contributed by atoms with Crippen LogP contribution in [0.2, 0.25) is 0 Å². The van der Waals surface area contributed by atoms with Crippen molar-refractivity contribution in [3.63, 3.8) is 0 Å². The summed E-state index contributed by atoms with van der Waals surface area (Å²) in [5, 5.41) is 7.58. The molecule has 0 atom stereocenters. The van der Waals surface area contributed by atoms with Crippen LogP contribution < -0.4 is 0 Å². The van der Waals surface area contributed by atoms with Gasteiger partial charge in [-0.1, -0.05) is 107 Å². The minimum absolute atomic E-state index is 0.430. The highest BCUT2D eigenvalue weighted by atomic mass is 15.0. The van der Waals surface area contributed by atoms with E-state index in [0.717, 1.165) is 0 Å². The summed E-state index contributed by atoms with van der Waals surface area (Å²) in [7, 11) is 0. The zero-order chi connectivity index (χ0) is 34.4. The van der Waals surface area contributed by atoms with E-state index in [0.29, 0.717) is 11.8 Å². The number of benzene rings is 7. The second kappa shape index (κ2) is 11.2. The molecule has 0 saturated heterocycles. The van der Waals surface area contributed by atoms with Crippen molar-refractivity contribution in [1.82, 2.24) is 13.7 Å². The van der Waals surface area contributed by atoms with Crippen LogP contribution >= 0.6 is 0 Å². The summed E-state index contributed by atoms with van der Waals surface area (Å²) in [6.45, 7) is 9.19. The fraction of sp³-hybridized carbons (Fsp3) is 0.125. The van der Waals surface area contributed by atoms with E-state index in [1.165, 1.54) is 93.6 Å². The van der Waals surface area contributed by atoms with Crippen LogP contribution in [-0.2, 0) is 0 Å². The summed E-state index contributed by atoms with van der Waals surface area (Å²) < 4.78 is 7.36. The number of para-hydroxylation sites is 4. The summed E-state index contributed by atoms with van der Waals surface area (Å²) in [4.78, 5) is 0. The molecule has 51 heavy (non-hydrogen) atoms. The molecular weight excluding hydrogens is 619 g/mol. The van der Waals surface area contributed by atoms with Gasteiger partial charge in [-0.3, -0.25) is 0 Å². The van der Waals surface area contributed by atoms with Crippen molar-refractivity contribution in [3.8, 4) is 17.1 Å². The van der Waals surface area contributed by atoms with Crippen LogP contribution in [0, 0.1) is 0 Å². The Morgan fingerprint density at radius 3 is 0.961 bits per heavy atom. The Labute approximate surface area is 297 Å². The molecule has 0 amide bonds. The number of nitrogens with zero attached hydrogens (tertiary/aromatic N) is 3. The maximum atomic E-state index is 2.49. The highest BCUT2D eigenvalue weighted by molar-refractivity contribution is 6.14. The third-order valence-corrected chi connectivity index (χ3v) is 11.0. The van der Waals surface area contributed by atoms with Crippen LogP contribution in [0.25, 0.3) is 82.5 Å². The van der Waals surface area contributed by atoms with Crippen LogP contribution in [0.3, 0.4) is 0 Å². The number of aromatic nitrogens is 3. The van der Waals surface area contributed by atoms with Crippen molar-refractivity contribution in [1.29, 1.82) is 0 Å². The fourth-order valence-corrected chi connectivity index (χ4v) is 8.41. The van der Waals surface area contributed by atoms with Crippen LogP contribution in [0.15, 0.2) is 152 Å². The van der Waals surface area contributed by atoms with Crippen molar-refractivity contribution in [2.24, 2.45) is 0 Å². The quantitative estimate of drug-likeness (QED) is 0.175. The molecule has 246 valence electrons. The van der Waals surface area contributed by atoms with Gasteiger partial charge in [0, 0.05) is 49.4 Å². The second-order valence-corrected chi connectivity index (χ2v) is 14.6. The Hall–Kier alpha value is -6.06. The topological polar surface area (TPSA) is 14.8 Å². The summed E-state index contributed by atoms with van der Waals surface area (Å²) in [6.07, 6.45) is 0. The van der Waals surface area contributed by atoms with E-state index < -0.39 is 0 Å². The lowest BCUT2D eigenvalue weighted by molar-refractivity contribution is 0.830. The van der Waals surface area contributed by atoms with E-state index in [-0.39, 0.29) is 0 Å². The average Bonchev–Trinajstić information content (AvgIpc) is 3.80. The van der Waals surface area contributed by atoms with E-state index in [1.807, 2.05) is 0 Å². The first kappa shape index (κ1) is 29.8. The predicted octanol–water partition coefficient (Wildman–Crippen LogP) is 13.2. The zero-order valence-corrected chi connectivity index (χ0v) is 29.4. The molecule has 3 heteroatoms. The molecule has 0 aliphatic heterocycles. The molecule has 3 aromatic heterocycles. The molecule has 0 fully saturated rings. The van der Waals surface area contributed by atoms with Gasteiger partial charge in [-0.2, -0.15) is 0 Å². The number of hydrogen-bond acceptors (Lipinski definition) is 0. The van der Waals surface area contributed by atoms with Gasteiger partial charge in [0.2, 0.25) is 0 Å². The molecule has 0 radical (unpaired) electrons. The molecule has 0 aliphatic rings. The molecule has 0 bridgehead atoms. The van der Waals surface area contributed by atoms with Gasteiger partial charge in [0.25, 0.3) is 0 Å². The maximum Gasteiger partial charge on any atom is 0.0542 e. The van der Waals surface area contributed by atoms with Crippen molar-refractivity contribution in [2.75, 3.05) is 0 Å². The van der Waals surface area contributed by atoms with E-state index in [4.69, 9.17) is 0 Å². The molecule has 3 nitrogen and oxygen atoms in total. The van der Waals surface area contributed by atoms with Gasteiger partial charge >= 0.3 is 0 Å². The Kier molecular flexibility index (Phi) is 6.57. The molecule has 10 aromatic rings. The Bertz CT molecular complexity index is 2680. The number of hydrogen-bond donors (Lipinski definition) is 0. The molecule has 0 aliphatic carbocycles. The largest absolute Gasteiger partial charge is 0.309 e. The lowest BCUT2D eigenvalue weighted by atomic mass is 9.95. The molecular formula is C48H39N3. The average molecular weight is 658 g/mol. The first-order valence-electron chi connectivity index (χ1n) is 18.2. The van der Waals surface area contributed by atoms with E-state index >= 15 is 0 Å². The summed E-state index contributed by atoms with van der Waals surface area (Å²) in [6, 6.07) is 56.4. The lowest BCUT2D eigenvalue weighted by Gasteiger charge is -2.17. The van der Waals surface area contributed by atoms with Crippen molar-refractivity contribution in [3.05, 3.63) is 163 Å². The van der Waals surface area contributed by atoms with Gasteiger partial charge in [-0.15, -0.1) is 0 Å². The standard InChI is InChI=1S/C48H39N3/c1-30(2)32-25-33(31(3)4)27-36(26-32)51-47-23-21-34(49-43-17-9-5-13-37(43)38-14-6-10-18-44(38)49)28-41(47)42-29-35(22-24-48(42)51)50-45-19-11-7-15-39(45)40-16-8-12-20-46(40)50/h5-31H,1-4H3. The number of fused-ring (bicyclic) bond motifs is 9. The van der Waals surface area contributed by atoms with E-state index in [1.54, 1.807) is 0 Å². The molecule has 7 aromatic carbocycles. The van der Waals surface area contributed by atoms with Gasteiger partial charge < -0.3 is 13.7 Å². The van der Waals surface area contributed by atoms with Gasteiger partial charge in [0.1, 0.15) is 0 Å². The maximum absolute atomic E-state index is 2.49. The molecule has 0 N–H and O–H groups in total. The fourth-order valence-electron chi connectivity index (χ4n) is 8.41.